The lowest BCUT2D eigenvalue weighted by atomic mass is 9.87. The van der Waals surface area contributed by atoms with Crippen LogP contribution in [0.5, 0.6) is 0 Å². The van der Waals surface area contributed by atoms with Crippen LogP contribution in [-0.2, 0) is 9.84 Å². The highest BCUT2D eigenvalue weighted by Crippen LogP contribution is 2.44. The van der Waals surface area contributed by atoms with E-state index in [2.05, 4.69) is 22.1 Å². The Balaban J connectivity index is 1.62. The summed E-state index contributed by atoms with van der Waals surface area (Å²) in [5, 5.41) is 12.5. The second-order valence-corrected chi connectivity index (χ2v) is 12.7. The standard InChI is InChI=1S/C30H28ClF3N2O4S/c1-3-30(38,12-11-21-6-4-5-13-35-21)17-20-8-7-18(2)28(20)41(39,40)26-14-19(9-10-23(26)31)29(37)36-22-15-24(32)27(34)25(33)16-22/h4-6,9-10,13-16,18,20,28,38H,3,7-8,17H2,1-2H3,(H,36,37)/t18?,20-,28?,30+/m0/s1. The van der Waals surface area contributed by atoms with E-state index in [4.69, 9.17) is 11.6 Å². The van der Waals surface area contributed by atoms with Crippen molar-refractivity contribution < 1.29 is 31.5 Å². The molecule has 2 N–H and O–H groups in total. The Hall–Kier alpha value is -3.39. The van der Waals surface area contributed by atoms with Gasteiger partial charge in [-0.3, -0.25) is 4.79 Å². The minimum absolute atomic E-state index is 0.0982. The van der Waals surface area contributed by atoms with Crippen LogP contribution in [0.15, 0.2) is 59.6 Å². The van der Waals surface area contributed by atoms with Crippen LogP contribution in [0.3, 0.4) is 0 Å². The first-order valence-corrected chi connectivity index (χ1v) is 14.9. The van der Waals surface area contributed by atoms with Crippen molar-refractivity contribution in [1.29, 1.82) is 0 Å². The maximum absolute atomic E-state index is 14.0. The third-order valence-corrected chi connectivity index (χ3v) is 10.3. The molecule has 11 heteroatoms. The average Bonchev–Trinajstić information content (AvgIpc) is 3.31. The molecule has 0 spiro atoms. The lowest BCUT2D eigenvalue weighted by molar-refractivity contribution is 0.0695. The van der Waals surface area contributed by atoms with Gasteiger partial charge in [-0.15, -0.1) is 0 Å². The normalized spacial score (nSPS) is 20.1. The van der Waals surface area contributed by atoms with Crippen molar-refractivity contribution in [3.63, 3.8) is 0 Å². The first-order valence-electron chi connectivity index (χ1n) is 13.0. The highest BCUT2D eigenvalue weighted by Gasteiger charge is 2.46. The molecule has 1 aliphatic rings. The SMILES string of the molecule is CC[C@@](O)(C#Cc1ccccn1)C[C@@H]1CCC(C)C1S(=O)(=O)c1cc(C(=O)Nc2cc(F)c(F)c(F)c2)ccc1Cl. The van der Waals surface area contributed by atoms with Crippen LogP contribution in [0.4, 0.5) is 18.9 Å². The van der Waals surface area contributed by atoms with E-state index in [0.29, 0.717) is 30.7 Å². The van der Waals surface area contributed by atoms with E-state index in [9.17, 15) is 31.5 Å². The van der Waals surface area contributed by atoms with E-state index >= 15 is 0 Å². The topological polar surface area (TPSA) is 96.4 Å². The Morgan fingerprint density at radius 2 is 1.85 bits per heavy atom. The van der Waals surface area contributed by atoms with Crippen LogP contribution in [0.2, 0.25) is 5.02 Å². The van der Waals surface area contributed by atoms with E-state index < -0.39 is 50.0 Å². The number of sulfone groups is 1. The molecule has 1 amide bonds. The van der Waals surface area contributed by atoms with Crippen LogP contribution in [0.25, 0.3) is 0 Å². The molecule has 0 radical (unpaired) electrons. The first-order chi connectivity index (χ1) is 19.3. The smallest absolute Gasteiger partial charge is 0.255 e. The van der Waals surface area contributed by atoms with E-state index in [0.717, 1.165) is 6.07 Å². The summed E-state index contributed by atoms with van der Waals surface area (Å²) >= 11 is 6.33. The number of hydrogen-bond acceptors (Lipinski definition) is 5. The van der Waals surface area contributed by atoms with Gasteiger partial charge in [-0.05, 0) is 73.8 Å². The lowest BCUT2D eigenvalue weighted by Crippen LogP contribution is -2.37. The number of aliphatic hydroxyl groups is 1. The number of amides is 1. The molecular weight excluding hydrogens is 577 g/mol. The summed E-state index contributed by atoms with van der Waals surface area (Å²) in [6, 6.07) is 10.1. The van der Waals surface area contributed by atoms with Gasteiger partial charge in [0, 0.05) is 29.6 Å². The van der Waals surface area contributed by atoms with Crippen molar-refractivity contribution in [1.82, 2.24) is 4.98 Å². The van der Waals surface area contributed by atoms with Gasteiger partial charge in [-0.2, -0.15) is 0 Å². The molecule has 0 saturated heterocycles. The van der Waals surface area contributed by atoms with Crippen molar-refractivity contribution in [3.05, 3.63) is 88.5 Å². The molecule has 216 valence electrons. The minimum atomic E-state index is -4.12. The zero-order valence-electron chi connectivity index (χ0n) is 22.3. The monoisotopic (exact) mass is 604 g/mol. The third-order valence-electron chi connectivity index (χ3n) is 7.39. The van der Waals surface area contributed by atoms with Crippen molar-refractivity contribution in [2.24, 2.45) is 11.8 Å². The Kier molecular flexibility index (Phi) is 9.12. The summed E-state index contributed by atoms with van der Waals surface area (Å²) in [7, 11) is -4.12. The molecule has 1 heterocycles. The Labute approximate surface area is 241 Å². The number of nitrogens with zero attached hydrogens (tertiary/aromatic N) is 1. The summed E-state index contributed by atoms with van der Waals surface area (Å²) in [6.45, 7) is 3.58. The van der Waals surface area contributed by atoms with E-state index in [1.54, 1.807) is 31.3 Å². The number of carbonyl (C=O) groups excluding carboxylic acids is 1. The van der Waals surface area contributed by atoms with Crippen molar-refractivity contribution in [3.8, 4) is 11.8 Å². The van der Waals surface area contributed by atoms with Gasteiger partial charge >= 0.3 is 0 Å². The lowest BCUT2D eigenvalue weighted by Gasteiger charge is -2.29. The molecule has 2 unspecified atom stereocenters. The highest BCUT2D eigenvalue weighted by atomic mass is 35.5. The molecular formula is C30H28ClF3N2O4S. The summed E-state index contributed by atoms with van der Waals surface area (Å²) in [5.74, 6) is -0.495. The average molecular weight is 605 g/mol. The molecule has 1 fully saturated rings. The number of benzene rings is 2. The fourth-order valence-electron chi connectivity index (χ4n) is 5.22. The van der Waals surface area contributed by atoms with Gasteiger partial charge in [0.25, 0.3) is 5.91 Å². The van der Waals surface area contributed by atoms with Crippen LogP contribution < -0.4 is 5.32 Å². The molecule has 4 atom stereocenters. The molecule has 2 aromatic carbocycles. The number of aromatic nitrogens is 1. The van der Waals surface area contributed by atoms with Crippen LogP contribution in [0, 0.1) is 41.1 Å². The number of carbonyl (C=O) groups is 1. The minimum Gasteiger partial charge on any atom is -0.378 e. The largest absolute Gasteiger partial charge is 0.378 e. The number of nitrogens with one attached hydrogen (secondary N) is 1. The number of halogens is 4. The fraction of sp³-hybridized carbons (Fsp3) is 0.333. The molecule has 0 bridgehead atoms. The molecule has 6 nitrogen and oxygen atoms in total. The van der Waals surface area contributed by atoms with Gasteiger partial charge in [0.2, 0.25) is 0 Å². The molecule has 0 aliphatic heterocycles. The molecule has 1 aromatic heterocycles. The summed E-state index contributed by atoms with van der Waals surface area (Å²) in [4.78, 5) is 16.7. The van der Waals surface area contributed by atoms with Crippen LogP contribution in [0.1, 0.15) is 55.6 Å². The van der Waals surface area contributed by atoms with Gasteiger partial charge in [0.1, 0.15) is 11.3 Å². The van der Waals surface area contributed by atoms with Crippen molar-refractivity contribution in [2.75, 3.05) is 5.32 Å². The maximum atomic E-state index is 14.0. The summed E-state index contributed by atoms with van der Waals surface area (Å²) in [5.41, 5.74) is -1.45. The fourth-order valence-corrected chi connectivity index (χ4v) is 8.07. The van der Waals surface area contributed by atoms with Gasteiger partial charge in [0.05, 0.1) is 15.2 Å². The Bertz CT molecular complexity index is 1600. The molecule has 1 saturated carbocycles. The second kappa shape index (κ2) is 12.2. The summed E-state index contributed by atoms with van der Waals surface area (Å²) in [6.07, 6.45) is 3.10. The maximum Gasteiger partial charge on any atom is 0.255 e. The Morgan fingerprint density at radius 3 is 2.49 bits per heavy atom. The van der Waals surface area contributed by atoms with Gasteiger partial charge < -0.3 is 10.4 Å². The number of hydrogen-bond donors (Lipinski definition) is 2. The predicted octanol–water partition coefficient (Wildman–Crippen LogP) is 6.18. The van der Waals surface area contributed by atoms with Crippen molar-refractivity contribution >= 4 is 33.0 Å². The predicted molar refractivity (Wildman–Crippen MR) is 150 cm³/mol. The van der Waals surface area contributed by atoms with Gasteiger partial charge in [-0.25, -0.2) is 26.6 Å². The molecule has 3 aromatic rings. The van der Waals surface area contributed by atoms with E-state index in [-0.39, 0.29) is 39.9 Å². The first kappa shape index (κ1) is 30.6. The Morgan fingerprint density at radius 1 is 1.15 bits per heavy atom. The van der Waals surface area contributed by atoms with Crippen LogP contribution in [-0.4, -0.2) is 35.3 Å². The van der Waals surface area contributed by atoms with Crippen molar-refractivity contribution in [2.45, 2.75) is 55.3 Å². The zero-order valence-corrected chi connectivity index (χ0v) is 23.9. The second-order valence-electron chi connectivity index (χ2n) is 10.2. The van der Waals surface area contributed by atoms with Gasteiger partial charge in [0.15, 0.2) is 27.3 Å². The molecule has 4 rings (SSSR count). The zero-order chi connectivity index (χ0) is 29.9. The molecule has 1 aliphatic carbocycles. The number of rotatable bonds is 7. The highest BCUT2D eigenvalue weighted by molar-refractivity contribution is 7.92. The third kappa shape index (κ3) is 6.75. The summed E-state index contributed by atoms with van der Waals surface area (Å²) < 4.78 is 68.5. The number of pyridine rings is 1. The van der Waals surface area contributed by atoms with Gasteiger partial charge in [-0.1, -0.05) is 37.4 Å². The quantitative estimate of drug-likeness (QED) is 0.248. The molecule has 41 heavy (non-hydrogen) atoms. The van der Waals surface area contributed by atoms with Crippen LogP contribution >= 0.6 is 11.6 Å². The van der Waals surface area contributed by atoms with E-state index in [1.807, 2.05) is 6.92 Å². The van der Waals surface area contributed by atoms with E-state index in [1.165, 1.54) is 12.1 Å². The number of anilines is 1.